The second kappa shape index (κ2) is 7.09. The molecule has 5 rings (SSSR count). The van der Waals surface area contributed by atoms with Gasteiger partial charge in [0.25, 0.3) is 0 Å². The number of amides is 2. The summed E-state index contributed by atoms with van der Waals surface area (Å²) in [4.78, 5) is 35.1. The summed E-state index contributed by atoms with van der Waals surface area (Å²) in [7, 11) is 0. The van der Waals surface area contributed by atoms with Crippen molar-refractivity contribution in [3.63, 3.8) is 0 Å². The highest BCUT2D eigenvalue weighted by atomic mass is 35.5. The largest absolute Gasteiger partial charge is 0.330 e. The van der Waals surface area contributed by atoms with E-state index in [1.807, 2.05) is 24.3 Å². The molecule has 0 radical (unpaired) electrons. The Morgan fingerprint density at radius 1 is 1.23 bits per heavy atom. The molecule has 2 amide bonds. The van der Waals surface area contributed by atoms with Crippen molar-refractivity contribution in [1.29, 1.82) is 0 Å². The zero-order valence-electron chi connectivity index (χ0n) is 16.1. The SMILES string of the molecule is O=C(Nc1nc2ccccc2[nH]1)[C@@H]1CC2(CC2)CN1C(=O)Cc1c(F)cccc1Cl. The van der Waals surface area contributed by atoms with E-state index in [1.165, 1.54) is 12.1 Å². The Hall–Kier alpha value is -2.93. The fourth-order valence-corrected chi connectivity index (χ4v) is 4.49. The lowest BCUT2D eigenvalue weighted by Gasteiger charge is -2.24. The number of imidazole rings is 1. The number of fused-ring (bicyclic) bond motifs is 1. The van der Waals surface area contributed by atoms with E-state index >= 15 is 0 Å². The number of hydrogen-bond donors (Lipinski definition) is 2. The first-order valence-electron chi connectivity index (χ1n) is 9.92. The van der Waals surface area contributed by atoms with E-state index in [0.29, 0.717) is 18.9 Å². The quantitative estimate of drug-likeness (QED) is 0.663. The highest BCUT2D eigenvalue weighted by Gasteiger charge is 2.55. The zero-order valence-corrected chi connectivity index (χ0v) is 16.9. The molecule has 1 saturated carbocycles. The van der Waals surface area contributed by atoms with Crippen molar-refractivity contribution in [3.05, 3.63) is 58.9 Å². The summed E-state index contributed by atoms with van der Waals surface area (Å²) in [5.41, 5.74) is 1.74. The van der Waals surface area contributed by atoms with Crippen molar-refractivity contribution in [2.45, 2.75) is 31.7 Å². The van der Waals surface area contributed by atoms with Gasteiger partial charge in [-0.1, -0.05) is 29.8 Å². The van der Waals surface area contributed by atoms with Crippen LogP contribution in [0.2, 0.25) is 5.02 Å². The summed E-state index contributed by atoms with van der Waals surface area (Å²) in [6.07, 6.45) is 2.42. The molecular weight excluding hydrogens is 407 g/mol. The number of aromatic nitrogens is 2. The molecule has 3 aromatic rings. The molecule has 2 fully saturated rings. The molecule has 2 N–H and O–H groups in total. The van der Waals surface area contributed by atoms with E-state index in [4.69, 9.17) is 11.6 Å². The minimum Gasteiger partial charge on any atom is -0.330 e. The third-order valence-electron chi connectivity index (χ3n) is 6.11. The first kappa shape index (κ1) is 19.1. The zero-order chi connectivity index (χ0) is 20.9. The fraction of sp³-hybridized carbons (Fsp3) is 0.318. The number of carbonyl (C=O) groups is 2. The van der Waals surface area contributed by atoms with E-state index in [0.717, 1.165) is 23.9 Å². The summed E-state index contributed by atoms with van der Waals surface area (Å²) in [5, 5.41) is 3.03. The number of anilines is 1. The topological polar surface area (TPSA) is 78.1 Å². The van der Waals surface area contributed by atoms with E-state index in [2.05, 4.69) is 15.3 Å². The van der Waals surface area contributed by atoms with Gasteiger partial charge in [0.1, 0.15) is 11.9 Å². The minimum absolute atomic E-state index is 0.00453. The van der Waals surface area contributed by atoms with Crippen molar-refractivity contribution in [1.82, 2.24) is 14.9 Å². The molecule has 6 nitrogen and oxygen atoms in total. The normalized spacial score (nSPS) is 19.4. The second-order valence-electron chi connectivity index (χ2n) is 8.21. The van der Waals surface area contributed by atoms with Gasteiger partial charge in [-0.15, -0.1) is 0 Å². The molecule has 2 aliphatic rings. The molecule has 2 aromatic carbocycles. The number of likely N-dealkylation sites (tertiary alicyclic amines) is 1. The molecule has 8 heteroatoms. The third kappa shape index (κ3) is 3.43. The highest BCUT2D eigenvalue weighted by molar-refractivity contribution is 6.31. The molecule has 1 atom stereocenters. The maximum Gasteiger partial charge on any atom is 0.249 e. The van der Waals surface area contributed by atoms with Crippen LogP contribution in [0.5, 0.6) is 0 Å². The van der Waals surface area contributed by atoms with Gasteiger partial charge in [-0.3, -0.25) is 14.9 Å². The smallest absolute Gasteiger partial charge is 0.249 e. The van der Waals surface area contributed by atoms with Crippen LogP contribution in [-0.2, 0) is 16.0 Å². The molecule has 154 valence electrons. The van der Waals surface area contributed by atoms with Crippen LogP contribution in [0.3, 0.4) is 0 Å². The number of nitrogens with zero attached hydrogens (tertiary/aromatic N) is 2. The van der Waals surface area contributed by atoms with E-state index in [1.54, 1.807) is 11.0 Å². The Kier molecular flexibility index (Phi) is 4.50. The van der Waals surface area contributed by atoms with Crippen LogP contribution in [0.1, 0.15) is 24.8 Å². The Labute approximate surface area is 177 Å². The number of nitrogens with one attached hydrogen (secondary N) is 2. The summed E-state index contributed by atoms with van der Waals surface area (Å²) in [6, 6.07) is 11.2. The van der Waals surface area contributed by atoms with Gasteiger partial charge in [-0.2, -0.15) is 0 Å². The second-order valence-corrected chi connectivity index (χ2v) is 8.62. The van der Waals surface area contributed by atoms with Gasteiger partial charge < -0.3 is 9.88 Å². The van der Waals surface area contributed by atoms with Gasteiger partial charge in [0.05, 0.1) is 17.5 Å². The number of hydrogen-bond acceptors (Lipinski definition) is 3. The summed E-state index contributed by atoms with van der Waals surface area (Å²) >= 11 is 6.09. The molecule has 1 aliphatic carbocycles. The lowest BCUT2D eigenvalue weighted by molar-refractivity contribution is -0.136. The molecule has 2 heterocycles. The van der Waals surface area contributed by atoms with Crippen LogP contribution in [0.25, 0.3) is 11.0 Å². The predicted octanol–water partition coefficient (Wildman–Crippen LogP) is 3.92. The monoisotopic (exact) mass is 426 g/mol. The van der Waals surface area contributed by atoms with E-state index < -0.39 is 11.9 Å². The Balaban J connectivity index is 1.36. The Morgan fingerprint density at radius 2 is 2.03 bits per heavy atom. The highest BCUT2D eigenvalue weighted by Crippen LogP contribution is 2.55. The predicted molar refractivity (Wildman–Crippen MR) is 112 cm³/mol. The van der Waals surface area contributed by atoms with Gasteiger partial charge in [0.15, 0.2) is 0 Å². The van der Waals surface area contributed by atoms with Crippen LogP contribution in [-0.4, -0.2) is 39.3 Å². The van der Waals surface area contributed by atoms with Crippen molar-refractivity contribution >= 4 is 40.4 Å². The number of halogens is 2. The van der Waals surface area contributed by atoms with Crippen molar-refractivity contribution < 1.29 is 14.0 Å². The molecule has 30 heavy (non-hydrogen) atoms. The third-order valence-corrected chi connectivity index (χ3v) is 6.46. The number of aromatic amines is 1. The van der Waals surface area contributed by atoms with Crippen LogP contribution >= 0.6 is 11.6 Å². The Bertz CT molecular complexity index is 1100. The molecule has 1 aliphatic heterocycles. The lowest BCUT2D eigenvalue weighted by atomic mass is 10.0. The molecule has 0 unspecified atom stereocenters. The number of H-pyrrole nitrogens is 1. The van der Waals surface area contributed by atoms with Gasteiger partial charge in [-0.25, -0.2) is 9.37 Å². The molecule has 1 saturated heterocycles. The van der Waals surface area contributed by atoms with Gasteiger partial charge in [-0.05, 0) is 48.9 Å². The number of rotatable bonds is 4. The Morgan fingerprint density at radius 3 is 2.77 bits per heavy atom. The average molecular weight is 427 g/mol. The van der Waals surface area contributed by atoms with Crippen molar-refractivity contribution in [2.24, 2.45) is 5.41 Å². The van der Waals surface area contributed by atoms with Crippen molar-refractivity contribution in [2.75, 3.05) is 11.9 Å². The van der Waals surface area contributed by atoms with Crippen LogP contribution in [0.15, 0.2) is 42.5 Å². The maximum atomic E-state index is 14.2. The average Bonchev–Trinajstić information content (AvgIpc) is 3.17. The molecule has 1 aromatic heterocycles. The van der Waals surface area contributed by atoms with E-state index in [9.17, 15) is 14.0 Å². The maximum absolute atomic E-state index is 14.2. The van der Waals surface area contributed by atoms with Gasteiger partial charge in [0.2, 0.25) is 17.8 Å². The van der Waals surface area contributed by atoms with E-state index in [-0.39, 0.29) is 34.2 Å². The number of para-hydroxylation sites is 2. The van der Waals surface area contributed by atoms with Gasteiger partial charge in [0, 0.05) is 17.1 Å². The van der Waals surface area contributed by atoms with Crippen LogP contribution in [0.4, 0.5) is 10.3 Å². The summed E-state index contributed by atoms with van der Waals surface area (Å²) < 4.78 is 14.2. The lowest BCUT2D eigenvalue weighted by Crippen LogP contribution is -2.44. The molecule has 1 spiro atoms. The number of carbonyl (C=O) groups excluding carboxylic acids is 2. The van der Waals surface area contributed by atoms with Gasteiger partial charge >= 0.3 is 0 Å². The fourth-order valence-electron chi connectivity index (χ4n) is 4.26. The summed E-state index contributed by atoms with van der Waals surface area (Å²) in [6.45, 7) is 0.510. The molecule has 0 bridgehead atoms. The molecular formula is C22H20ClFN4O2. The van der Waals surface area contributed by atoms with Crippen molar-refractivity contribution in [3.8, 4) is 0 Å². The standard InChI is InChI=1S/C22H20ClFN4O2/c23-14-4-3-5-15(24)13(14)10-19(29)28-12-22(8-9-22)11-18(28)20(30)27-21-25-16-6-1-2-7-17(16)26-21/h1-7,18H,8-12H2,(H2,25,26,27,30)/t18-/m0/s1. The first-order chi connectivity index (χ1) is 14.4. The van der Waals surface area contributed by atoms with Crippen LogP contribution < -0.4 is 5.32 Å². The number of benzene rings is 2. The first-order valence-corrected chi connectivity index (χ1v) is 10.3. The minimum atomic E-state index is -0.612. The summed E-state index contributed by atoms with van der Waals surface area (Å²) in [5.74, 6) is -0.747. The van der Waals surface area contributed by atoms with Crippen LogP contribution in [0, 0.1) is 11.2 Å².